The summed E-state index contributed by atoms with van der Waals surface area (Å²) in [5.41, 5.74) is 0. The van der Waals surface area contributed by atoms with Gasteiger partial charge in [-0.05, 0) is 83.5 Å². The van der Waals surface area contributed by atoms with E-state index in [1.165, 1.54) is 57.8 Å². The van der Waals surface area contributed by atoms with Crippen LogP contribution in [0.4, 0.5) is 0 Å². The van der Waals surface area contributed by atoms with Gasteiger partial charge in [0.25, 0.3) is 6.29 Å². The van der Waals surface area contributed by atoms with Crippen LogP contribution in [-0.2, 0) is 33.3 Å². The topological polar surface area (TPSA) is 108 Å². The summed E-state index contributed by atoms with van der Waals surface area (Å²) in [5.74, 6) is -2.04. The molecule has 0 aromatic rings. The van der Waals surface area contributed by atoms with Gasteiger partial charge in [-0.3, -0.25) is 9.59 Å². The molecule has 0 aliphatic heterocycles. The molecule has 0 aromatic heterocycles. The molecular formula is C60H100NO8+. The Kier molecular flexibility index (Phi) is 47.4. The summed E-state index contributed by atoms with van der Waals surface area (Å²) in [6.07, 6.45) is 66.1. The highest BCUT2D eigenvalue weighted by atomic mass is 16.7. The minimum Gasteiger partial charge on any atom is -0.477 e. The molecule has 0 aromatic carbocycles. The first-order chi connectivity index (χ1) is 33.6. The van der Waals surface area contributed by atoms with Crippen LogP contribution in [0.2, 0.25) is 0 Å². The van der Waals surface area contributed by atoms with Crippen LogP contribution in [0.1, 0.15) is 194 Å². The van der Waals surface area contributed by atoms with Gasteiger partial charge in [-0.1, -0.05) is 207 Å². The minimum absolute atomic E-state index is 0.181. The van der Waals surface area contributed by atoms with Crippen molar-refractivity contribution < 1.29 is 42.9 Å². The Morgan fingerprint density at radius 1 is 0.449 bits per heavy atom. The number of allylic oxidation sites excluding steroid dienone is 18. The molecule has 2 unspecified atom stereocenters. The Morgan fingerprint density at radius 3 is 1.23 bits per heavy atom. The van der Waals surface area contributed by atoms with Crippen molar-refractivity contribution in [2.75, 3.05) is 47.5 Å². The van der Waals surface area contributed by atoms with E-state index in [1.54, 1.807) is 0 Å². The van der Waals surface area contributed by atoms with Gasteiger partial charge in [0, 0.05) is 12.8 Å². The van der Waals surface area contributed by atoms with Gasteiger partial charge >= 0.3 is 17.9 Å². The maximum Gasteiger partial charge on any atom is 0.361 e. The van der Waals surface area contributed by atoms with E-state index in [-0.39, 0.29) is 32.2 Å². The molecule has 0 saturated heterocycles. The highest BCUT2D eigenvalue weighted by Crippen LogP contribution is 2.14. The van der Waals surface area contributed by atoms with E-state index in [0.29, 0.717) is 23.9 Å². The largest absolute Gasteiger partial charge is 0.477 e. The van der Waals surface area contributed by atoms with Gasteiger partial charge in [0.2, 0.25) is 0 Å². The second-order valence-corrected chi connectivity index (χ2v) is 18.8. The summed E-state index contributed by atoms with van der Waals surface area (Å²) in [4.78, 5) is 37.1. The van der Waals surface area contributed by atoms with Gasteiger partial charge in [0.1, 0.15) is 13.2 Å². The van der Waals surface area contributed by atoms with Gasteiger partial charge < -0.3 is 28.5 Å². The molecule has 9 heteroatoms. The zero-order valence-corrected chi connectivity index (χ0v) is 44.4. The number of unbranched alkanes of at least 4 members (excludes halogenated alkanes) is 15. The molecule has 69 heavy (non-hydrogen) atoms. The number of quaternary nitrogens is 1. The number of carbonyl (C=O) groups is 3. The third-order valence-electron chi connectivity index (χ3n) is 11.0. The number of carbonyl (C=O) groups excluding carboxylic acids is 2. The SMILES string of the molecule is CC/C=C\C/C=C\C/C=C\C/C=C\C/C=C\C/C=C\C/C=C\C/C=C\C/C=C\CCCCCCCCCC(=O)OC(COC(=O)CCCCCCCCCCC)COC(OCC[N+](C)(C)C)C(=O)O. The fourth-order valence-corrected chi connectivity index (χ4v) is 6.89. The van der Waals surface area contributed by atoms with Crippen molar-refractivity contribution in [1.29, 1.82) is 0 Å². The molecule has 0 amide bonds. The minimum atomic E-state index is -1.52. The van der Waals surface area contributed by atoms with E-state index in [9.17, 15) is 19.5 Å². The van der Waals surface area contributed by atoms with Gasteiger partial charge in [-0.25, -0.2) is 4.79 Å². The number of ether oxygens (including phenoxy) is 4. The lowest BCUT2D eigenvalue weighted by atomic mass is 10.1. The molecule has 0 aliphatic carbocycles. The average Bonchev–Trinajstić information content (AvgIpc) is 3.31. The number of esters is 2. The van der Waals surface area contributed by atoms with Crippen LogP contribution in [0.15, 0.2) is 109 Å². The first-order valence-electron chi connectivity index (χ1n) is 27.1. The predicted molar refractivity (Wildman–Crippen MR) is 290 cm³/mol. The smallest absolute Gasteiger partial charge is 0.361 e. The van der Waals surface area contributed by atoms with Crippen molar-refractivity contribution in [1.82, 2.24) is 0 Å². The Labute approximate surface area is 422 Å². The summed E-state index contributed by atoms with van der Waals surface area (Å²) < 4.78 is 22.7. The molecule has 1 N–H and O–H groups in total. The fraction of sp³-hybridized carbons (Fsp3) is 0.650. The molecule has 0 heterocycles. The fourth-order valence-electron chi connectivity index (χ4n) is 6.89. The van der Waals surface area contributed by atoms with Crippen molar-refractivity contribution in [3.05, 3.63) is 109 Å². The van der Waals surface area contributed by atoms with Gasteiger partial charge in [0.05, 0.1) is 34.4 Å². The molecule has 0 bridgehead atoms. The van der Waals surface area contributed by atoms with Crippen LogP contribution in [0, 0.1) is 0 Å². The predicted octanol–water partition coefficient (Wildman–Crippen LogP) is 15.6. The Morgan fingerprint density at radius 2 is 0.826 bits per heavy atom. The molecule has 0 radical (unpaired) electrons. The van der Waals surface area contributed by atoms with Crippen LogP contribution in [0.3, 0.4) is 0 Å². The number of rotatable bonds is 48. The van der Waals surface area contributed by atoms with Crippen molar-refractivity contribution in [2.45, 2.75) is 206 Å². The number of carboxylic acid groups (broad SMARTS) is 1. The highest BCUT2D eigenvalue weighted by Gasteiger charge is 2.25. The number of aliphatic carboxylic acids is 1. The van der Waals surface area contributed by atoms with Crippen LogP contribution >= 0.6 is 0 Å². The molecule has 9 nitrogen and oxygen atoms in total. The van der Waals surface area contributed by atoms with Crippen molar-refractivity contribution in [3.8, 4) is 0 Å². The lowest BCUT2D eigenvalue weighted by molar-refractivity contribution is -0.870. The summed E-state index contributed by atoms with van der Waals surface area (Å²) in [6.45, 7) is 4.70. The van der Waals surface area contributed by atoms with Gasteiger partial charge in [0.15, 0.2) is 6.10 Å². The van der Waals surface area contributed by atoms with Gasteiger partial charge in [-0.15, -0.1) is 0 Å². The molecule has 0 spiro atoms. The van der Waals surface area contributed by atoms with Crippen LogP contribution in [0.25, 0.3) is 0 Å². The monoisotopic (exact) mass is 963 g/mol. The number of likely N-dealkylation sites (N-methyl/N-ethyl adjacent to an activating group) is 1. The quantitative estimate of drug-likeness (QED) is 0.0211. The second-order valence-electron chi connectivity index (χ2n) is 18.8. The zero-order chi connectivity index (χ0) is 50.6. The summed E-state index contributed by atoms with van der Waals surface area (Å²) in [6, 6.07) is 0. The first-order valence-corrected chi connectivity index (χ1v) is 27.1. The van der Waals surface area contributed by atoms with E-state index >= 15 is 0 Å². The van der Waals surface area contributed by atoms with E-state index in [0.717, 1.165) is 103 Å². The molecular weight excluding hydrogens is 863 g/mol. The normalized spacial score (nSPS) is 13.7. The zero-order valence-electron chi connectivity index (χ0n) is 44.4. The lowest BCUT2D eigenvalue weighted by Gasteiger charge is -2.25. The standard InChI is InChI=1S/C60H99NO8/c1-6-8-10-12-14-16-17-18-19-20-21-22-23-24-25-26-27-28-29-30-31-32-33-34-35-36-37-38-39-40-41-43-45-47-49-51-58(63)69-56(55-68-60(59(64)65)66-53-52-61(3,4)5)54-67-57(62)50-48-46-44-42-15-13-11-9-7-2/h8,10,14,16,18-19,21-22,24-25,27-28,30-31,33-34,36-37,56,60H,6-7,9,11-13,15,17,20,23,26,29,32,35,38-55H2,1-5H3/p+1/b10-8-,16-14-,19-18-,22-21-,25-24-,28-27-,31-30-,34-33-,37-36-. The molecule has 392 valence electrons. The van der Waals surface area contributed by atoms with Crippen molar-refractivity contribution in [2.24, 2.45) is 0 Å². The van der Waals surface area contributed by atoms with Crippen molar-refractivity contribution in [3.63, 3.8) is 0 Å². The maximum absolute atomic E-state index is 12.8. The summed E-state index contributed by atoms with van der Waals surface area (Å²) in [7, 11) is 5.94. The van der Waals surface area contributed by atoms with Gasteiger partial charge in [-0.2, -0.15) is 0 Å². The molecule has 2 atom stereocenters. The number of hydrogen-bond donors (Lipinski definition) is 1. The Balaban J connectivity index is 4.19. The number of nitrogens with zero attached hydrogens (tertiary/aromatic N) is 1. The summed E-state index contributed by atoms with van der Waals surface area (Å²) in [5, 5.41) is 9.65. The van der Waals surface area contributed by atoms with E-state index in [1.807, 2.05) is 21.1 Å². The highest BCUT2D eigenvalue weighted by molar-refractivity contribution is 5.71. The first kappa shape index (κ1) is 65.0. The molecule has 0 rings (SSSR count). The molecule has 0 saturated carbocycles. The molecule has 0 aliphatic rings. The second kappa shape index (κ2) is 50.3. The van der Waals surface area contributed by atoms with Crippen LogP contribution in [-0.4, -0.2) is 87.4 Å². The third kappa shape index (κ3) is 51.6. The molecule has 0 fully saturated rings. The van der Waals surface area contributed by atoms with Crippen molar-refractivity contribution >= 4 is 17.9 Å². The Bertz CT molecular complexity index is 1490. The van der Waals surface area contributed by atoms with E-state index in [4.69, 9.17) is 18.9 Å². The number of carboxylic acids is 1. The third-order valence-corrected chi connectivity index (χ3v) is 11.0. The van der Waals surface area contributed by atoms with E-state index in [2.05, 4.69) is 123 Å². The van der Waals surface area contributed by atoms with Crippen LogP contribution < -0.4 is 0 Å². The average molecular weight is 963 g/mol. The lowest BCUT2D eigenvalue weighted by Crippen LogP contribution is -2.40. The van der Waals surface area contributed by atoms with Crippen LogP contribution in [0.5, 0.6) is 0 Å². The number of hydrogen-bond acceptors (Lipinski definition) is 7. The summed E-state index contributed by atoms with van der Waals surface area (Å²) >= 11 is 0. The Hall–Kier alpha value is -4.05. The van der Waals surface area contributed by atoms with E-state index < -0.39 is 24.3 Å². The maximum atomic E-state index is 12.8.